The number of nitrogens with one attached hydrogen (secondary N) is 1. The molecular weight excluding hydrogens is 234 g/mol. The third-order valence-corrected chi connectivity index (χ3v) is 3.79. The predicted octanol–water partition coefficient (Wildman–Crippen LogP) is 2.34. The van der Waals surface area contributed by atoms with Crippen LogP contribution in [0.4, 0.5) is 0 Å². The number of carbonyl (C=O) groups is 1. The molecule has 2 heterocycles. The van der Waals surface area contributed by atoms with Crippen molar-refractivity contribution in [3.63, 3.8) is 0 Å². The summed E-state index contributed by atoms with van der Waals surface area (Å²) in [7, 11) is 1.97. The van der Waals surface area contributed by atoms with Crippen LogP contribution in [0, 0.1) is 13.8 Å². The molecule has 0 atom stereocenters. The van der Waals surface area contributed by atoms with Crippen molar-refractivity contribution in [1.29, 1.82) is 0 Å². The highest BCUT2D eigenvalue weighted by Crippen LogP contribution is 2.18. The van der Waals surface area contributed by atoms with Crippen molar-refractivity contribution in [2.45, 2.75) is 19.0 Å². The van der Waals surface area contributed by atoms with Crippen LogP contribution in [0.3, 0.4) is 0 Å². The fourth-order valence-electron chi connectivity index (χ4n) is 1.68. The van der Waals surface area contributed by atoms with E-state index in [0.717, 1.165) is 22.1 Å². The third-order valence-electron chi connectivity index (χ3n) is 2.89. The Morgan fingerprint density at radius 2 is 2.29 bits per heavy atom. The van der Waals surface area contributed by atoms with Crippen molar-refractivity contribution in [3.05, 3.63) is 35.4 Å². The van der Waals surface area contributed by atoms with E-state index in [9.17, 15) is 4.79 Å². The van der Waals surface area contributed by atoms with Crippen LogP contribution in [0.5, 0.6) is 0 Å². The number of H-pyrrole nitrogens is 1. The molecule has 0 unspecified atom stereocenters. The standard InChI is InChI=1S/C12H15N3OS/c1-8-6-10(9(2)15(8)3)11(16)7-17-12-13-4-5-14-12/h4-6H,7H2,1-3H3,(H,13,14). The largest absolute Gasteiger partial charge is 0.351 e. The van der Waals surface area contributed by atoms with Gasteiger partial charge in [-0.2, -0.15) is 0 Å². The van der Waals surface area contributed by atoms with E-state index >= 15 is 0 Å². The number of hydrogen-bond donors (Lipinski definition) is 1. The van der Waals surface area contributed by atoms with Gasteiger partial charge in [0.1, 0.15) is 0 Å². The second kappa shape index (κ2) is 4.79. The van der Waals surface area contributed by atoms with Gasteiger partial charge < -0.3 is 9.55 Å². The van der Waals surface area contributed by atoms with Gasteiger partial charge in [0.05, 0.1) is 5.75 Å². The van der Waals surface area contributed by atoms with Crippen LogP contribution in [-0.2, 0) is 7.05 Å². The Labute approximate surface area is 104 Å². The summed E-state index contributed by atoms with van der Waals surface area (Å²) >= 11 is 1.43. The number of thioether (sulfide) groups is 1. The summed E-state index contributed by atoms with van der Waals surface area (Å²) in [6, 6.07) is 1.94. The number of hydrogen-bond acceptors (Lipinski definition) is 3. The van der Waals surface area contributed by atoms with Gasteiger partial charge in [-0.1, -0.05) is 11.8 Å². The smallest absolute Gasteiger partial charge is 0.175 e. The molecule has 0 bridgehead atoms. The van der Waals surface area contributed by atoms with Gasteiger partial charge >= 0.3 is 0 Å². The molecule has 0 aliphatic heterocycles. The first kappa shape index (κ1) is 12.0. The summed E-state index contributed by atoms with van der Waals surface area (Å²) < 4.78 is 2.03. The van der Waals surface area contributed by atoms with Crippen LogP contribution in [0.25, 0.3) is 0 Å². The highest BCUT2D eigenvalue weighted by atomic mass is 32.2. The molecule has 5 heteroatoms. The van der Waals surface area contributed by atoms with Crippen molar-refractivity contribution in [1.82, 2.24) is 14.5 Å². The lowest BCUT2D eigenvalue weighted by Crippen LogP contribution is -2.04. The van der Waals surface area contributed by atoms with E-state index < -0.39 is 0 Å². The number of aryl methyl sites for hydroxylation is 1. The number of aromatic nitrogens is 3. The Balaban J connectivity index is 2.07. The highest BCUT2D eigenvalue weighted by Gasteiger charge is 2.14. The molecule has 0 spiro atoms. The first-order chi connectivity index (χ1) is 8.09. The summed E-state index contributed by atoms with van der Waals surface area (Å²) in [5.74, 6) is 0.560. The summed E-state index contributed by atoms with van der Waals surface area (Å²) in [5, 5.41) is 0.781. The highest BCUT2D eigenvalue weighted by molar-refractivity contribution is 7.99. The Hall–Kier alpha value is -1.49. The van der Waals surface area contributed by atoms with Crippen LogP contribution in [-0.4, -0.2) is 26.1 Å². The van der Waals surface area contributed by atoms with E-state index in [1.165, 1.54) is 11.8 Å². The monoisotopic (exact) mass is 249 g/mol. The molecule has 2 rings (SSSR count). The fourth-order valence-corrected chi connectivity index (χ4v) is 2.39. The van der Waals surface area contributed by atoms with E-state index in [1.54, 1.807) is 12.4 Å². The zero-order chi connectivity index (χ0) is 12.4. The van der Waals surface area contributed by atoms with Crippen LogP contribution in [0.2, 0.25) is 0 Å². The zero-order valence-corrected chi connectivity index (χ0v) is 11.0. The topological polar surface area (TPSA) is 50.7 Å². The van der Waals surface area contributed by atoms with Crippen molar-refractivity contribution in [2.24, 2.45) is 7.05 Å². The average Bonchev–Trinajstić information content (AvgIpc) is 2.91. The maximum absolute atomic E-state index is 12.1. The maximum atomic E-state index is 12.1. The molecule has 0 saturated carbocycles. The first-order valence-electron chi connectivity index (χ1n) is 5.38. The van der Waals surface area contributed by atoms with Crippen molar-refractivity contribution >= 4 is 17.5 Å². The Kier molecular flexibility index (Phi) is 3.38. The number of carbonyl (C=O) groups excluding carboxylic acids is 1. The van der Waals surface area contributed by atoms with E-state index in [2.05, 4.69) is 9.97 Å². The van der Waals surface area contributed by atoms with Gasteiger partial charge in [-0.15, -0.1) is 0 Å². The molecule has 4 nitrogen and oxygen atoms in total. The molecule has 17 heavy (non-hydrogen) atoms. The molecule has 0 radical (unpaired) electrons. The Morgan fingerprint density at radius 3 is 2.82 bits per heavy atom. The molecular formula is C12H15N3OS. The average molecular weight is 249 g/mol. The number of aromatic amines is 1. The molecule has 2 aromatic heterocycles. The van der Waals surface area contributed by atoms with E-state index in [0.29, 0.717) is 5.75 Å². The maximum Gasteiger partial charge on any atom is 0.175 e. The molecule has 0 aromatic carbocycles. The predicted molar refractivity (Wildman–Crippen MR) is 68.5 cm³/mol. The first-order valence-corrected chi connectivity index (χ1v) is 6.36. The van der Waals surface area contributed by atoms with Crippen LogP contribution < -0.4 is 0 Å². The van der Waals surface area contributed by atoms with Crippen LogP contribution >= 0.6 is 11.8 Å². The fraction of sp³-hybridized carbons (Fsp3) is 0.333. The molecule has 0 amide bonds. The number of ketones is 1. The minimum atomic E-state index is 0.146. The van der Waals surface area contributed by atoms with Crippen LogP contribution in [0.15, 0.2) is 23.6 Å². The second-order valence-electron chi connectivity index (χ2n) is 3.95. The van der Waals surface area contributed by atoms with Crippen molar-refractivity contribution < 1.29 is 4.79 Å². The third kappa shape index (κ3) is 2.44. The molecule has 2 aromatic rings. The lowest BCUT2D eigenvalue weighted by Gasteiger charge is -2.01. The van der Waals surface area contributed by atoms with Gasteiger partial charge in [-0.05, 0) is 19.9 Å². The van der Waals surface area contributed by atoms with Gasteiger partial charge in [0.25, 0.3) is 0 Å². The van der Waals surface area contributed by atoms with Gasteiger partial charge in [0, 0.05) is 36.4 Å². The minimum absolute atomic E-state index is 0.146. The summed E-state index contributed by atoms with van der Waals surface area (Å²) in [4.78, 5) is 19.1. The summed E-state index contributed by atoms with van der Waals surface area (Å²) in [6.07, 6.45) is 3.44. The molecule has 90 valence electrons. The lowest BCUT2D eigenvalue weighted by atomic mass is 10.2. The summed E-state index contributed by atoms with van der Waals surface area (Å²) in [5.41, 5.74) is 2.94. The Bertz CT molecular complexity index is 528. The molecule has 1 N–H and O–H groups in total. The number of Topliss-reactive ketones (excluding diaryl/α,β-unsaturated/α-hetero) is 1. The quantitative estimate of drug-likeness (QED) is 0.668. The van der Waals surface area contributed by atoms with Crippen molar-refractivity contribution in [3.8, 4) is 0 Å². The van der Waals surface area contributed by atoms with E-state index in [1.807, 2.05) is 31.5 Å². The zero-order valence-electron chi connectivity index (χ0n) is 10.2. The van der Waals surface area contributed by atoms with E-state index in [-0.39, 0.29) is 5.78 Å². The van der Waals surface area contributed by atoms with Gasteiger partial charge in [0.2, 0.25) is 0 Å². The van der Waals surface area contributed by atoms with Gasteiger partial charge in [0.15, 0.2) is 10.9 Å². The number of imidazole rings is 1. The molecule has 0 saturated heterocycles. The van der Waals surface area contributed by atoms with E-state index in [4.69, 9.17) is 0 Å². The number of nitrogens with zero attached hydrogens (tertiary/aromatic N) is 2. The number of rotatable bonds is 4. The van der Waals surface area contributed by atoms with Gasteiger partial charge in [-0.3, -0.25) is 4.79 Å². The Morgan fingerprint density at radius 1 is 1.53 bits per heavy atom. The van der Waals surface area contributed by atoms with Gasteiger partial charge in [-0.25, -0.2) is 4.98 Å². The van der Waals surface area contributed by atoms with Crippen LogP contribution in [0.1, 0.15) is 21.7 Å². The molecule has 0 fully saturated rings. The lowest BCUT2D eigenvalue weighted by molar-refractivity contribution is 0.102. The minimum Gasteiger partial charge on any atom is -0.351 e. The molecule has 0 aliphatic rings. The molecule has 0 aliphatic carbocycles. The summed E-state index contributed by atoms with van der Waals surface area (Å²) in [6.45, 7) is 3.97. The SMILES string of the molecule is Cc1cc(C(=O)CSc2ncc[nH]2)c(C)n1C. The van der Waals surface area contributed by atoms with Crippen molar-refractivity contribution in [2.75, 3.05) is 5.75 Å². The second-order valence-corrected chi connectivity index (χ2v) is 4.91. The normalized spacial score (nSPS) is 10.8.